The van der Waals surface area contributed by atoms with Crippen LogP contribution < -0.4 is 9.47 Å². The Morgan fingerprint density at radius 1 is 1.00 bits per heavy atom. The van der Waals surface area contributed by atoms with Crippen molar-refractivity contribution in [2.45, 2.75) is 46.0 Å². The standard InChI is InChI=1S/C22H28O3/c1-5-19(23)21-16(2)15-20(24-3)18(22(21)25-4)14-10-9-13-17-11-7-6-8-12-17/h6-8,11-12,15H,5,9-10,13-14H2,1-4H3. The zero-order valence-corrected chi connectivity index (χ0v) is 15.7. The number of unbranched alkanes of at least 4 members (excludes halogenated alkanes) is 1. The van der Waals surface area contributed by atoms with E-state index < -0.39 is 0 Å². The topological polar surface area (TPSA) is 35.5 Å². The van der Waals surface area contributed by atoms with E-state index in [1.54, 1.807) is 14.2 Å². The van der Waals surface area contributed by atoms with Crippen LogP contribution in [0.4, 0.5) is 0 Å². The summed E-state index contributed by atoms with van der Waals surface area (Å²) in [5, 5.41) is 0. The number of hydrogen-bond donors (Lipinski definition) is 0. The fourth-order valence-corrected chi connectivity index (χ4v) is 3.24. The molecule has 0 aliphatic heterocycles. The molecule has 0 heterocycles. The predicted octanol–water partition coefficient (Wildman–Crippen LogP) is 5.17. The molecule has 0 unspecified atom stereocenters. The minimum atomic E-state index is 0.113. The van der Waals surface area contributed by atoms with Gasteiger partial charge in [-0.15, -0.1) is 0 Å². The number of benzene rings is 2. The minimum Gasteiger partial charge on any atom is -0.496 e. The third-order valence-corrected chi connectivity index (χ3v) is 4.55. The van der Waals surface area contributed by atoms with E-state index in [0.29, 0.717) is 17.7 Å². The van der Waals surface area contributed by atoms with Gasteiger partial charge >= 0.3 is 0 Å². The molecule has 0 spiro atoms. The molecule has 0 radical (unpaired) electrons. The number of carbonyl (C=O) groups excluding carboxylic acids is 1. The second-order valence-corrected chi connectivity index (χ2v) is 6.25. The van der Waals surface area contributed by atoms with Gasteiger partial charge in [0, 0.05) is 12.0 Å². The zero-order valence-electron chi connectivity index (χ0n) is 15.7. The normalized spacial score (nSPS) is 10.6. The van der Waals surface area contributed by atoms with Gasteiger partial charge in [-0.05, 0) is 49.8 Å². The molecule has 134 valence electrons. The summed E-state index contributed by atoms with van der Waals surface area (Å²) in [4.78, 5) is 12.4. The number of rotatable bonds is 9. The lowest BCUT2D eigenvalue weighted by atomic mass is 9.94. The van der Waals surface area contributed by atoms with Gasteiger partial charge in [0.25, 0.3) is 0 Å². The molecule has 3 nitrogen and oxygen atoms in total. The maximum absolute atomic E-state index is 12.4. The average molecular weight is 340 g/mol. The minimum absolute atomic E-state index is 0.113. The van der Waals surface area contributed by atoms with Crippen molar-refractivity contribution in [2.75, 3.05) is 14.2 Å². The van der Waals surface area contributed by atoms with Crippen LogP contribution in [0.3, 0.4) is 0 Å². The van der Waals surface area contributed by atoms with Crippen LogP contribution in [0.25, 0.3) is 0 Å². The summed E-state index contributed by atoms with van der Waals surface area (Å²) in [5.74, 6) is 1.60. The summed E-state index contributed by atoms with van der Waals surface area (Å²) in [6, 6.07) is 12.5. The van der Waals surface area contributed by atoms with E-state index in [0.717, 1.165) is 42.6 Å². The van der Waals surface area contributed by atoms with Crippen molar-refractivity contribution in [1.82, 2.24) is 0 Å². The van der Waals surface area contributed by atoms with Gasteiger partial charge in [-0.25, -0.2) is 0 Å². The fraction of sp³-hybridized carbons (Fsp3) is 0.409. The first kappa shape index (κ1) is 19.0. The van der Waals surface area contributed by atoms with E-state index in [4.69, 9.17) is 9.47 Å². The van der Waals surface area contributed by atoms with Crippen molar-refractivity contribution in [1.29, 1.82) is 0 Å². The molecule has 0 atom stereocenters. The smallest absolute Gasteiger partial charge is 0.166 e. The predicted molar refractivity (Wildman–Crippen MR) is 102 cm³/mol. The molecule has 3 heteroatoms. The molecule has 2 aromatic rings. The Balaban J connectivity index is 2.18. The van der Waals surface area contributed by atoms with Crippen LogP contribution in [0.5, 0.6) is 11.5 Å². The molecule has 0 saturated heterocycles. The Hall–Kier alpha value is -2.29. The molecule has 0 N–H and O–H groups in total. The highest BCUT2D eigenvalue weighted by Crippen LogP contribution is 2.36. The van der Waals surface area contributed by atoms with E-state index in [1.807, 2.05) is 26.0 Å². The van der Waals surface area contributed by atoms with E-state index in [1.165, 1.54) is 5.56 Å². The largest absolute Gasteiger partial charge is 0.496 e. The number of carbonyl (C=O) groups is 1. The number of ketones is 1. The summed E-state index contributed by atoms with van der Waals surface area (Å²) in [5.41, 5.74) is 3.96. The van der Waals surface area contributed by atoms with Gasteiger partial charge in [0.05, 0.1) is 19.8 Å². The van der Waals surface area contributed by atoms with E-state index in [-0.39, 0.29) is 5.78 Å². The Labute approximate surface area is 151 Å². The first-order valence-corrected chi connectivity index (χ1v) is 8.93. The summed E-state index contributed by atoms with van der Waals surface area (Å²) in [6.45, 7) is 3.82. The maximum Gasteiger partial charge on any atom is 0.166 e. The molecule has 25 heavy (non-hydrogen) atoms. The van der Waals surface area contributed by atoms with Crippen molar-refractivity contribution in [2.24, 2.45) is 0 Å². The van der Waals surface area contributed by atoms with E-state index in [2.05, 4.69) is 24.3 Å². The molecule has 0 aliphatic carbocycles. The van der Waals surface area contributed by atoms with Gasteiger partial charge in [0.1, 0.15) is 11.5 Å². The molecule has 2 rings (SSSR count). The van der Waals surface area contributed by atoms with Gasteiger partial charge in [0.15, 0.2) is 5.78 Å². The molecule has 0 saturated carbocycles. The summed E-state index contributed by atoms with van der Waals surface area (Å²) >= 11 is 0. The molecule has 2 aromatic carbocycles. The highest BCUT2D eigenvalue weighted by atomic mass is 16.5. The van der Waals surface area contributed by atoms with Gasteiger partial charge in [-0.2, -0.15) is 0 Å². The van der Waals surface area contributed by atoms with Gasteiger partial charge in [0.2, 0.25) is 0 Å². The molecular weight excluding hydrogens is 312 g/mol. The molecule has 0 bridgehead atoms. The Kier molecular flexibility index (Phi) is 7.05. The summed E-state index contributed by atoms with van der Waals surface area (Å²) < 4.78 is 11.2. The van der Waals surface area contributed by atoms with Gasteiger partial charge in [-0.3, -0.25) is 4.79 Å². The van der Waals surface area contributed by atoms with Crippen molar-refractivity contribution in [3.05, 3.63) is 58.7 Å². The zero-order chi connectivity index (χ0) is 18.2. The molecular formula is C22H28O3. The lowest BCUT2D eigenvalue weighted by Crippen LogP contribution is -2.08. The van der Waals surface area contributed by atoms with Crippen LogP contribution in [0.2, 0.25) is 0 Å². The number of aryl methyl sites for hydroxylation is 2. The third kappa shape index (κ3) is 4.62. The second-order valence-electron chi connectivity index (χ2n) is 6.25. The monoisotopic (exact) mass is 340 g/mol. The number of ether oxygens (including phenoxy) is 2. The van der Waals surface area contributed by atoms with Crippen LogP contribution in [-0.4, -0.2) is 20.0 Å². The Morgan fingerprint density at radius 3 is 2.28 bits per heavy atom. The van der Waals surface area contributed by atoms with Crippen molar-refractivity contribution < 1.29 is 14.3 Å². The first-order valence-electron chi connectivity index (χ1n) is 8.93. The number of Topliss-reactive ketones (excluding diaryl/α,β-unsaturated/α-hetero) is 1. The SMILES string of the molecule is CCC(=O)c1c(C)cc(OC)c(CCCCc2ccccc2)c1OC. The first-order chi connectivity index (χ1) is 12.1. The second kappa shape index (κ2) is 9.26. The van der Waals surface area contributed by atoms with Crippen molar-refractivity contribution in [3.63, 3.8) is 0 Å². The average Bonchev–Trinajstić information content (AvgIpc) is 2.65. The van der Waals surface area contributed by atoms with E-state index in [9.17, 15) is 4.79 Å². The van der Waals surface area contributed by atoms with Crippen LogP contribution >= 0.6 is 0 Å². The maximum atomic E-state index is 12.4. The summed E-state index contributed by atoms with van der Waals surface area (Å²) in [6.07, 6.45) is 4.46. The number of hydrogen-bond acceptors (Lipinski definition) is 3. The summed E-state index contributed by atoms with van der Waals surface area (Å²) in [7, 11) is 3.30. The number of methoxy groups -OCH3 is 2. The quantitative estimate of drug-likeness (QED) is 0.466. The highest BCUT2D eigenvalue weighted by molar-refractivity contribution is 6.00. The fourth-order valence-electron chi connectivity index (χ4n) is 3.24. The molecule has 0 amide bonds. The van der Waals surface area contributed by atoms with Crippen molar-refractivity contribution >= 4 is 5.78 Å². The highest BCUT2D eigenvalue weighted by Gasteiger charge is 2.21. The Morgan fingerprint density at radius 2 is 1.68 bits per heavy atom. The van der Waals surface area contributed by atoms with Crippen LogP contribution in [0.15, 0.2) is 36.4 Å². The van der Waals surface area contributed by atoms with Crippen LogP contribution in [-0.2, 0) is 12.8 Å². The molecule has 0 aromatic heterocycles. The molecule has 0 aliphatic rings. The van der Waals surface area contributed by atoms with Gasteiger partial charge < -0.3 is 9.47 Å². The third-order valence-electron chi connectivity index (χ3n) is 4.55. The van der Waals surface area contributed by atoms with E-state index >= 15 is 0 Å². The Bertz CT molecular complexity index is 705. The van der Waals surface area contributed by atoms with Crippen LogP contribution in [0.1, 0.15) is 53.2 Å². The van der Waals surface area contributed by atoms with Gasteiger partial charge in [-0.1, -0.05) is 37.3 Å². The lowest BCUT2D eigenvalue weighted by molar-refractivity contribution is 0.0984. The van der Waals surface area contributed by atoms with Crippen LogP contribution in [0, 0.1) is 6.92 Å². The van der Waals surface area contributed by atoms with Crippen molar-refractivity contribution in [3.8, 4) is 11.5 Å². The molecule has 0 fully saturated rings. The lowest BCUT2D eigenvalue weighted by Gasteiger charge is -2.18.